The van der Waals surface area contributed by atoms with Crippen molar-refractivity contribution in [3.8, 4) is 5.75 Å². The molecule has 1 N–H and O–H groups in total. The van der Waals surface area contributed by atoms with Gasteiger partial charge in [-0.3, -0.25) is 0 Å². The third-order valence-electron chi connectivity index (χ3n) is 2.04. The largest absolute Gasteiger partial charge is 0.496 e. The van der Waals surface area contributed by atoms with Crippen LogP contribution in [-0.4, -0.2) is 18.2 Å². The first-order valence-corrected chi connectivity index (χ1v) is 3.95. The molecule has 0 unspecified atom stereocenters. The summed E-state index contributed by atoms with van der Waals surface area (Å²) < 4.78 is 5.10. The molecule has 0 bridgehead atoms. The lowest BCUT2D eigenvalue weighted by atomic mass is 10.0. The number of carbonyl (C=O) groups is 1. The average Bonchev–Trinajstić information content (AvgIpc) is 2.04. The Hall–Kier alpha value is -1.51. The lowest BCUT2D eigenvalue weighted by molar-refractivity contribution is 0.0695. The van der Waals surface area contributed by atoms with Gasteiger partial charge < -0.3 is 9.84 Å². The molecule has 0 amide bonds. The number of hydrogen-bond donors (Lipinski definition) is 1. The van der Waals surface area contributed by atoms with Crippen molar-refractivity contribution in [2.45, 2.75) is 13.8 Å². The molecule has 3 nitrogen and oxygen atoms in total. The zero-order chi connectivity index (χ0) is 10.0. The minimum atomic E-state index is -0.921. The second-order valence-corrected chi connectivity index (χ2v) is 2.89. The Kier molecular flexibility index (Phi) is 2.56. The molecule has 0 radical (unpaired) electrons. The number of ether oxygens (including phenoxy) is 1. The zero-order valence-corrected chi connectivity index (χ0v) is 7.92. The number of carboxylic acids is 1. The summed E-state index contributed by atoms with van der Waals surface area (Å²) in [5, 5.41) is 8.82. The van der Waals surface area contributed by atoms with Crippen LogP contribution in [0.1, 0.15) is 21.5 Å². The lowest BCUT2D eigenvalue weighted by Crippen LogP contribution is -2.02. The van der Waals surface area contributed by atoms with E-state index < -0.39 is 5.97 Å². The van der Waals surface area contributed by atoms with E-state index in [0.29, 0.717) is 16.9 Å². The monoisotopic (exact) mass is 180 g/mol. The molecule has 0 heterocycles. The van der Waals surface area contributed by atoms with Crippen LogP contribution >= 0.6 is 0 Å². The maximum absolute atomic E-state index is 10.7. The summed E-state index contributed by atoms with van der Waals surface area (Å²) in [5.74, 6) is -0.268. The maximum Gasteiger partial charge on any atom is 0.336 e. The standard InChI is InChI=1S/C10H12O3/c1-6-4-5-8(10(11)12)7(2)9(6)13-3/h4-5H,1-3H3,(H,11,12). The molecule has 1 aromatic carbocycles. The van der Waals surface area contributed by atoms with E-state index in [0.717, 1.165) is 5.56 Å². The van der Waals surface area contributed by atoms with Gasteiger partial charge in [-0.15, -0.1) is 0 Å². The van der Waals surface area contributed by atoms with Crippen LogP contribution in [0.5, 0.6) is 5.75 Å². The first kappa shape index (κ1) is 9.58. The Morgan fingerprint density at radius 1 is 1.38 bits per heavy atom. The fourth-order valence-electron chi connectivity index (χ4n) is 1.37. The highest BCUT2D eigenvalue weighted by Gasteiger charge is 2.12. The van der Waals surface area contributed by atoms with Crippen molar-refractivity contribution in [1.82, 2.24) is 0 Å². The zero-order valence-electron chi connectivity index (χ0n) is 7.92. The molecule has 0 saturated heterocycles. The van der Waals surface area contributed by atoms with Gasteiger partial charge in [0.2, 0.25) is 0 Å². The highest BCUT2D eigenvalue weighted by molar-refractivity contribution is 5.90. The number of methoxy groups -OCH3 is 1. The van der Waals surface area contributed by atoms with Crippen molar-refractivity contribution in [3.05, 3.63) is 28.8 Å². The van der Waals surface area contributed by atoms with E-state index in [1.54, 1.807) is 26.2 Å². The lowest BCUT2D eigenvalue weighted by Gasteiger charge is -2.10. The van der Waals surface area contributed by atoms with E-state index >= 15 is 0 Å². The van der Waals surface area contributed by atoms with E-state index in [-0.39, 0.29) is 0 Å². The normalized spacial score (nSPS) is 9.77. The second-order valence-electron chi connectivity index (χ2n) is 2.89. The van der Waals surface area contributed by atoms with E-state index in [1.807, 2.05) is 6.92 Å². The van der Waals surface area contributed by atoms with Gasteiger partial charge in [0.25, 0.3) is 0 Å². The molecule has 0 aliphatic rings. The van der Waals surface area contributed by atoms with E-state index in [4.69, 9.17) is 9.84 Å². The molecular weight excluding hydrogens is 168 g/mol. The van der Waals surface area contributed by atoms with E-state index in [9.17, 15) is 4.79 Å². The Labute approximate surface area is 77.0 Å². The summed E-state index contributed by atoms with van der Waals surface area (Å²) in [4.78, 5) is 10.7. The summed E-state index contributed by atoms with van der Waals surface area (Å²) in [6, 6.07) is 3.34. The van der Waals surface area contributed by atoms with Crippen molar-refractivity contribution in [1.29, 1.82) is 0 Å². The molecule has 0 aromatic heterocycles. The molecule has 13 heavy (non-hydrogen) atoms. The number of carboxylic acid groups (broad SMARTS) is 1. The molecule has 1 rings (SSSR count). The predicted molar refractivity (Wildman–Crippen MR) is 49.4 cm³/mol. The van der Waals surface area contributed by atoms with Gasteiger partial charge in [0.05, 0.1) is 12.7 Å². The van der Waals surface area contributed by atoms with Gasteiger partial charge in [0.1, 0.15) is 5.75 Å². The summed E-state index contributed by atoms with van der Waals surface area (Å²) in [7, 11) is 1.54. The van der Waals surface area contributed by atoms with Crippen molar-refractivity contribution in [2.75, 3.05) is 7.11 Å². The highest BCUT2D eigenvalue weighted by Crippen LogP contribution is 2.25. The van der Waals surface area contributed by atoms with Gasteiger partial charge in [-0.1, -0.05) is 6.07 Å². The van der Waals surface area contributed by atoms with Gasteiger partial charge in [-0.2, -0.15) is 0 Å². The minimum absolute atomic E-state index is 0.294. The highest BCUT2D eigenvalue weighted by atomic mass is 16.5. The SMILES string of the molecule is COc1c(C)ccc(C(=O)O)c1C. The van der Waals surface area contributed by atoms with E-state index in [2.05, 4.69) is 0 Å². The fourth-order valence-corrected chi connectivity index (χ4v) is 1.37. The first-order valence-electron chi connectivity index (χ1n) is 3.95. The predicted octanol–water partition coefficient (Wildman–Crippen LogP) is 2.01. The topological polar surface area (TPSA) is 46.5 Å². The molecule has 3 heteroatoms. The summed E-state index contributed by atoms with van der Waals surface area (Å²) in [6.45, 7) is 3.63. The van der Waals surface area contributed by atoms with Crippen molar-refractivity contribution < 1.29 is 14.6 Å². The Bertz CT molecular complexity index is 342. The molecule has 0 aliphatic carbocycles. The first-order chi connectivity index (χ1) is 6.07. The number of rotatable bonds is 2. The average molecular weight is 180 g/mol. The number of hydrogen-bond acceptors (Lipinski definition) is 2. The van der Waals surface area contributed by atoms with Crippen LogP contribution in [-0.2, 0) is 0 Å². The Balaban J connectivity index is 3.35. The van der Waals surface area contributed by atoms with Crippen LogP contribution < -0.4 is 4.74 Å². The molecular formula is C10H12O3. The third kappa shape index (κ3) is 1.64. The third-order valence-corrected chi connectivity index (χ3v) is 2.04. The molecule has 0 atom stereocenters. The maximum atomic E-state index is 10.7. The van der Waals surface area contributed by atoms with Gasteiger partial charge >= 0.3 is 5.97 Å². The van der Waals surface area contributed by atoms with Crippen LogP contribution in [0, 0.1) is 13.8 Å². The van der Waals surface area contributed by atoms with Crippen LogP contribution in [0.25, 0.3) is 0 Å². The van der Waals surface area contributed by atoms with Crippen molar-refractivity contribution >= 4 is 5.97 Å². The number of aromatic carboxylic acids is 1. The number of aryl methyl sites for hydroxylation is 1. The smallest absolute Gasteiger partial charge is 0.336 e. The van der Waals surface area contributed by atoms with Crippen LogP contribution in [0.4, 0.5) is 0 Å². The molecule has 1 aromatic rings. The number of benzene rings is 1. The van der Waals surface area contributed by atoms with Gasteiger partial charge in [0.15, 0.2) is 0 Å². The quantitative estimate of drug-likeness (QED) is 0.757. The van der Waals surface area contributed by atoms with Crippen LogP contribution in [0.2, 0.25) is 0 Å². The fraction of sp³-hybridized carbons (Fsp3) is 0.300. The Morgan fingerprint density at radius 2 is 2.00 bits per heavy atom. The van der Waals surface area contributed by atoms with E-state index in [1.165, 1.54) is 0 Å². The van der Waals surface area contributed by atoms with Gasteiger partial charge in [-0.25, -0.2) is 4.79 Å². The minimum Gasteiger partial charge on any atom is -0.496 e. The second kappa shape index (κ2) is 3.47. The molecule has 0 aliphatic heterocycles. The molecule has 0 saturated carbocycles. The summed E-state index contributed by atoms with van der Waals surface area (Å²) in [6.07, 6.45) is 0. The Morgan fingerprint density at radius 3 is 2.46 bits per heavy atom. The summed E-state index contributed by atoms with van der Waals surface area (Å²) in [5.41, 5.74) is 1.92. The van der Waals surface area contributed by atoms with Crippen LogP contribution in [0.15, 0.2) is 12.1 Å². The van der Waals surface area contributed by atoms with Crippen molar-refractivity contribution in [3.63, 3.8) is 0 Å². The van der Waals surface area contributed by atoms with Gasteiger partial charge in [0, 0.05) is 5.56 Å². The molecule has 70 valence electrons. The van der Waals surface area contributed by atoms with Crippen LogP contribution in [0.3, 0.4) is 0 Å². The van der Waals surface area contributed by atoms with Crippen molar-refractivity contribution in [2.24, 2.45) is 0 Å². The summed E-state index contributed by atoms with van der Waals surface area (Å²) >= 11 is 0. The molecule has 0 fully saturated rings. The van der Waals surface area contributed by atoms with Gasteiger partial charge in [-0.05, 0) is 25.5 Å². The molecule has 0 spiro atoms.